The van der Waals surface area contributed by atoms with Crippen LogP contribution in [-0.2, 0) is 9.59 Å². The first-order valence-electron chi connectivity index (χ1n) is 14.5. The Morgan fingerprint density at radius 3 is 2.22 bits per heavy atom. The Bertz CT molecular complexity index is 1860. The predicted octanol–water partition coefficient (Wildman–Crippen LogP) is 6.93. The molecule has 0 saturated heterocycles. The molecule has 5 aromatic rings. The van der Waals surface area contributed by atoms with E-state index in [4.69, 9.17) is 13.9 Å². The van der Waals surface area contributed by atoms with Crippen LogP contribution in [0.5, 0.6) is 11.5 Å². The van der Waals surface area contributed by atoms with Gasteiger partial charge in [0.1, 0.15) is 29.9 Å². The zero-order valence-corrected chi connectivity index (χ0v) is 25.3. The van der Waals surface area contributed by atoms with E-state index in [0.717, 1.165) is 10.5 Å². The first-order chi connectivity index (χ1) is 22.5. The Hall–Kier alpha value is -5.74. The zero-order valence-electron chi connectivity index (χ0n) is 24.5. The van der Waals surface area contributed by atoms with Crippen LogP contribution in [0, 0.1) is 0 Å². The van der Waals surface area contributed by atoms with Crippen molar-refractivity contribution < 1.29 is 28.3 Å². The Kier molecular flexibility index (Phi) is 9.46. The fourth-order valence-corrected chi connectivity index (χ4v) is 5.75. The molecule has 0 fully saturated rings. The highest BCUT2D eigenvalue weighted by Crippen LogP contribution is 2.38. The number of hydrogen-bond acceptors (Lipinski definition) is 7. The second-order valence-corrected chi connectivity index (χ2v) is 11.3. The van der Waals surface area contributed by atoms with Gasteiger partial charge in [0.05, 0.1) is 6.26 Å². The topological polar surface area (TPSA) is 119 Å². The molecule has 0 bridgehead atoms. The molecule has 9 nitrogen and oxygen atoms in total. The minimum absolute atomic E-state index is 0.00262. The van der Waals surface area contributed by atoms with E-state index in [-0.39, 0.29) is 11.6 Å². The van der Waals surface area contributed by atoms with Crippen LogP contribution in [0.2, 0.25) is 0 Å². The van der Waals surface area contributed by atoms with Gasteiger partial charge in [-0.15, -0.1) is 11.8 Å². The van der Waals surface area contributed by atoms with Crippen LogP contribution in [0.1, 0.15) is 26.9 Å². The van der Waals surface area contributed by atoms with Gasteiger partial charge in [0.2, 0.25) is 5.91 Å². The van der Waals surface area contributed by atoms with Gasteiger partial charge in [-0.1, -0.05) is 54.6 Å². The molecular formula is C36H29N3O6S. The van der Waals surface area contributed by atoms with Crippen molar-refractivity contribution >= 4 is 46.9 Å². The van der Waals surface area contributed by atoms with Crippen molar-refractivity contribution in [1.82, 2.24) is 5.32 Å². The largest absolute Gasteiger partial charge is 0.486 e. The molecule has 0 aliphatic carbocycles. The number of rotatable bonds is 10. The highest BCUT2D eigenvalue weighted by molar-refractivity contribution is 8.00. The smallest absolute Gasteiger partial charge is 0.272 e. The van der Waals surface area contributed by atoms with Gasteiger partial charge in [-0.3, -0.25) is 14.4 Å². The van der Waals surface area contributed by atoms with E-state index in [2.05, 4.69) is 16.0 Å². The standard InChI is InChI=1S/C36H29N3O6S/c40-34(25-11-5-2-6-12-25)39-30(23-28-14-8-18-43-28)35(41)37-26-13-7-15-29(21-26)46-33(24-9-3-1-4-10-24)36(42)38-27-16-17-31-32(22-27)45-20-19-44-31/h1-18,21-23,33H,19-20H2,(H,37,41)(H,38,42)(H,39,40)/b30-23-. The van der Waals surface area contributed by atoms with E-state index in [1.54, 1.807) is 78.9 Å². The number of thioether (sulfide) groups is 1. The SMILES string of the molecule is O=C(Nc1cccc(SC(C(=O)Nc2ccc3c(c2)OCCO3)c2ccccc2)c1)/C(=C/c1ccco1)NC(=O)c1ccccc1. The van der Waals surface area contributed by atoms with Gasteiger partial charge >= 0.3 is 0 Å². The summed E-state index contributed by atoms with van der Waals surface area (Å²) in [7, 11) is 0. The summed E-state index contributed by atoms with van der Waals surface area (Å²) in [4.78, 5) is 40.8. The van der Waals surface area contributed by atoms with Crippen molar-refractivity contribution in [2.75, 3.05) is 23.8 Å². The van der Waals surface area contributed by atoms with E-state index >= 15 is 0 Å². The number of carbonyl (C=O) groups is 3. The second kappa shape index (κ2) is 14.4. The van der Waals surface area contributed by atoms with E-state index in [1.165, 1.54) is 24.1 Å². The minimum atomic E-state index is -0.611. The lowest BCUT2D eigenvalue weighted by atomic mass is 10.1. The molecule has 4 aromatic carbocycles. The normalized spacial score (nSPS) is 12.9. The number of benzene rings is 4. The average Bonchev–Trinajstić information content (AvgIpc) is 3.61. The molecule has 0 spiro atoms. The van der Waals surface area contributed by atoms with Crippen LogP contribution in [-0.4, -0.2) is 30.9 Å². The van der Waals surface area contributed by atoms with Gasteiger partial charge in [0.15, 0.2) is 11.5 Å². The monoisotopic (exact) mass is 631 g/mol. The van der Waals surface area contributed by atoms with Gasteiger partial charge in [-0.2, -0.15) is 0 Å². The van der Waals surface area contributed by atoms with Crippen molar-refractivity contribution in [3.63, 3.8) is 0 Å². The highest BCUT2D eigenvalue weighted by Gasteiger charge is 2.24. The number of anilines is 2. The molecule has 46 heavy (non-hydrogen) atoms. The van der Waals surface area contributed by atoms with Crippen molar-refractivity contribution in [2.24, 2.45) is 0 Å². The molecule has 0 radical (unpaired) electrons. The molecule has 1 aliphatic rings. The van der Waals surface area contributed by atoms with Crippen LogP contribution >= 0.6 is 11.8 Å². The van der Waals surface area contributed by atoms with Gasteiger partial charge in [-0.25, -0.2) is 0 Å². The van der Waals surface area contributed by atoms with Gasteiger partial charge in [-0.05, 0) is 60.2 Å². The van der Waals surface area contributed by atoms with E-state index in [9.17, 15) is 14.4 Å². The van der Waals surface area contributed by atoms with E-state index < -0.39 is 17.1 Å². The maximum atomic E-state index is 13.7. The molecule has 1 atom stereocenters. The molecule has 2 heterocycles. The molecule has 6 rings (SSSR count). The Balaban J connectivity index is 1.20. The number of nitrogens with one attached hydrogen (secondary N) is 3. The van der Waals surface area contributed by atoms with E-state index in [1.807, 2.05) is 36.4 Å². The summed E-state index contributed by atoms with van der Waals surface area (Å²) < 4.78 is 16.7. The Morgan fingerprint density at radius 1 is 0.717 bits per heavy atom. The first kappa shape index (κ1) is 30.3. The fraction of sp³-hybridized carbons (Fsp3) is 0.0833. The predicted molar refractivity (Wildman–Crippen MR) is 177 cm³/mol. The molecule has 1 unspecified atom stereocenters. The van der Waals surface area contributed by atoms with Crippen molar-refractivity contribution in [3.8, 4) is 11.5 Å². The van der Waals surface area contributed by atoms with Crippen molar-refractivity contribution in [2.45, 2.75) is 10.1 Å². The van der Waals surface area contributed by atoms with Crippen LogP contribution in [0.15, 0.2) is 137 Å². The minimum Gasteiger partial charge on any atom is -0.486 e. The fourth-order valence-electron chi connectivity index (χ4n) is 4.67. The quantitative estimate of drug-likeness (QED) is 0.113. The maximum Gasteiger partial charge on any atom is 0.272 e. The summed E-state index contributed by atoms with van der Waals surface area (Å²) >= 11 is 1.34. The summed E-state index contributed by atoms with van der Waals surface area (Å²) in [5.41, 5.74) is 2.28. The Labute approximate surface area is 269 Å². The lowest BCUT2D eigenvalue weighted by molar-refractivity contribution is -0.116. The maximum absolute atomic E-state index is 13.7. The van der Waals surface area contributed by atoms with Crippen LogP contribution < -0.4 is 25.4 Å². The van der Waals surface area contributed by atoms with Gasteiger partial charge in [0.25, 0.3) is 11.8 Å². The zero-order chi connectivity index (χ0) is 31.7. The molecule has 10 heteroatoms. The lowest BCUT2D eigenvalue weighted by Gasteiger charge is -2.20. The number of amides is 3. The summed E-state index contributed by atoms with van der Waals surface area (Å²) in [6, 6.07) is 33.9. The Morgan fingerprint density at radius 2 is 1.46 bits per heavy atom. The highest BCUT2D eigenvalue weighted by atomic mass is 32.2. The summed E-state index contributed by atoms with van der Waals surface area (Å²) in [5.74, 6) is 0.411. The number of furan rings is 1. The van der Waals surface area contributed by atoms with Crippen LogP contribution in [0.3, 0.4) is 0 Å². The number of fused-ring (bicyclic) bond motifs is 1. The average molecular weight is 632 g/mol. The molecule has 3 amide bonds. The lowest BCUT2D eigenvalue weighted by Crippen LogP contribution is -2.30. The van der Waals surface area contributed by atoms with Gasteiger partial charge in [0, 0.05) is 34.0 Å². The first-order valence-corrected chi connectivity index (χ1v) is 15.3. The van der Waals surface area contributed by atoms with Crippen LogP contribution in [0.25, 0.3) is 6.08 Å². The summed E-state index contributed by atoms with van der Waals surface area (Å²) in [6.45, 7) is 0.925. The third kappa shape index (κ3) is 7.66. The molecule has 3 N–H and O–H groups in total. The van der Waals surface area contributed by atoms with Crippen molar-refractivity contribution in [3.05, 3.63) is 144 Å². The molecule has 0 saturated carbocycles. The third-order valence-electron chi connectivity index (χ3n) is 6.85. The van der Waals surface area contributed by atoms with Crippen LogP contribution in [0.4, 0.5) is 11.4 Å². The number of ether oxygens (including phenoxy) is 2. The van der Waals surface area contributed by atoms with Crippen molar-refractivity contribution in [1.29, 1.82) is 0 Å². The third-order valence-corrected chi connectivity index (χ3v) is 8.10. The van der Waals surface area contributed by atoms with E-state index in [0.29, 0.717) is 47.4 Å². The molecule has 1 aromatic heterocycles. The summed E-state index contributed by atoms with van der Waals surface area (Å²) in [6.07, 6.45) is 2.94. The summed E-state index contributed by atoms with van der Waals surface area (Å²) in [5, 5.41) is 7.94. The number of carbonyl (C=O) groups excluding carboxylic acids is 3. The second-order valence-electron chi connectivity index (χ2n) is 10.1. The molecular weight excluding hydrogens is 602 g/mol. The van der Waals surface area contributed by atoms with Gasteiger partial charge < -0.3 is 29.8 Å². The number of hydrogen-bond donors (Lipinski definition) is 3. The molecule has 230 valence electrons. The molecule has 1 aliphatic heterocycles.